The van der Waals surface area contributed by atoms with Crippen LogP contribution in [0, 0.1) is 0 Å². The molecule has 0 bridgehead atoms. The average Bonchev–Trinajstić information content (AvgIpc) is 3.18. The van der Waals surface area contributed by atoms with Crippen LogP contribution in [-0.2, 0) is 20.9 Å². The van der Waals surface area contributed by atoms with Gasteiger partial charge in [0.15, 0.2) is 6.04 Å². The van der Waals surface area contributed by atoms with Gasteiger partial charge in [-0.1, -0.05) is 78.9 Å². The number of carbonyl (C=O) groups is 3. The van der Waals surface area contributed by atoms with Crippen LogP contribution in [-0.4, -0.2) is 40.9 Å². The molecular weight excluding hydrogens is 436 g/mol. The van der Waals surface area contributed by atoms with Crippen molar-refractivity contribution >= 4 is 18.2 Å². The summed E-state index contributed by atoms with van der Waals surface area (Å²) in [5.74, 6) is -1.48. The highest BCUT2D eigenvalue weighted by atomic mass is 16.6. The Hall–Kier alpha value is -4.33. The number of aliphatic carboxylic acids is 1. The zero-order valence-electron chi connectivity index (χ0n) is 18.5. The van der Waals surface area contributed by atoms with Gasteiger partial charge in [0.1, 0.15) is 13.2 Å². The maximum Gasteiger partial charge on any atom is 0.429 e. The van der Waals surface area contributed by atoms with Gasteiger partial charge in [0.25, 0.3) is 0 Å². The fourth-order valence-corrected chi connectivity index (χ4v) is 3.93. The van der Waals surface area contributed by atoms with E-state index < -0.39 is 24.2 Å². The number of ether oxygens (including phenoxy) is 2. The summed E-state index contributed by atoms with van der Waals surface area (Å²) >= 11 is 0. The molecule has 34 heavy (non-hydrogen) atoms. The number of hydrogen-bond donors (Lipinski definition) is 2. The van der Waals surface area contributed by atoms with Crippen molar-refractivity contribution in [3.05, 3.63) is 95.6 Å². The first-order valence-corrected chi connectivity index (χ1v) is 10.8. The van der Waals surface area contributed by atoms with Gasteiger partial charge in [-0.2, -0.15) is 0 Å². The Morgan fingerprint density at radius 3 is 2.03 bits per heavy atom. The van der Waals surface area contributed by atoms with Crippen LogP contribution in [0.4, 0.5) is 9.59 Å². The molecule has 1 aliphatic rings. The Bertz CT molecular complexity index is 1150. The summed E-state index contributed by atoms with van der Waals surface area (Å²) in [6, 6.07) is 23.3. The van der Waals surface area contributed by atoms with Crippen LogP contribution in [0.5, 0.6) is 0 Å². The van der Waals surface area contributed by atoms with Gasteiger partial charge in [0, 0.05) is 5.92 Å². The first kappa shape index (κ1) is 22.8. The summed E-state index contributed by atoms with van der Waals surface area (Å²) < 4.78 is 10.6. The van der Waals surface area contributed by atoms with E-state index in [0.717, 1.165) is 27.8 Å². The largest absolute Gasteiger partial charge is 0.480 e. The van der Waals surface area contributed by atoms with Crippen molar-refractivity contribution in [2.75, 3.05) is 6.61 Å². The number of benzene rings is 3. The van der Waals surface area contributed by atoms with E-state index in [4.69, 9.17) is 9.47 Å². The molecule has 0 heterocycles. The number of carboxylic acid groups (broad SMARTS) is 1. The summed E-state index contributed by atoms with van der Waals surface area (Å²) in [5, 5.41) is 9.99. The molecule has 2 N–H and O–H groups in total. The number of carboxylic acids is 1. The Balaban J connectivity index is 1.42. The zero-order valence-corrected chi connectivity index (χ0v) is 18.5. The second-order valence-electron chi connectivity index (χ2n) is 7.86. The molecule has 0 aromatic heterocycles. The fourth-order valence-electron chi connectivity index (χ4n) is 3.93. The molecule has 1 aliphatic carbocycles. The minimum absolute atomic E-state index is 0.0220. The Labute approximate surface area is 196 Å². The SMILES string of the molecule is C[C@@H](C(=O)O)N(NC(=O)OCC1c2ccccc2-c2ccccc21)C(=O)OCc1ccccc1. The molecule has 0 spiro atoms. The zero-order chi connectivity index (χ0) is 24.1. The van der Waals surface area contributed by atoms with E-state index in [1.165, 1.54) is 6.92 Å². The molecule has 0 aliphatic heterocycles. The molecule has 1 atom stereocenters. The Morgan fingerprint density at radius 2 is 1.44 bits per heavy atom. The van der Waals surface area contributed by atoms with Crippen molar-refractivity contribution < 1.29 is 29.0 Å². The molecule has 0 saturated carbocycles. The van der Waals surface area contributed by atoms with Crippen molar-refractivity contribution in [2.45, 2.75) is 25.5 Å². The number of nitrogens with one attached hydrogen (secondary N) is 1. The van der Waals surface area contributed by atoms with Crippen LogP contribution in [0.25, 0.3) is 11.1 Å². The summed E-state index contributed by atoms with van der Waals surface area (Å²) in [6.45, 7) is 1.21. The molecule has 8 nitrogen and oxygen atoms in total. The number of amides is 2. The van der Waals surface area contributed by atoms with Crippen LogP contribution in [0.2, 0.25) is 0 Å². The number of fused-ring (bicyclic) bond motifs is 3. The molecular formula is C26H24N2O6. The topological polar surface area (TPSA) is 105 Å². The monoisotopic (exact) mass is 460 g/mol. The standard InChI is InChI=1S/C26H24N2O6/c1-17(24(29)30)28(26(32)34-15-18-9-3-2-4-10-18)27-25(31)33-16-23-21-13-7-5-11-19(21)20-12-6-8-14-22(20)23/h2-14,17,23H,15-16H2,1H3,(H,27,31)(H,29,30)/t17-/m0/s1. The Morgan fingerprint density at radius 1 is 0.882 bits per heavy atom. The lowest BCUT2D eigenvalue weighted by molar-refractivity contribution is -0.143. The predicted octanol–water partition coefficient (Wildman–Crippen LogP) is 4.55. The maximum atomic E-state index is 12.6. The third kappa shape index (κ3) is 4.85. The van der Waals surface area contributed by atoms with E-state index in [0.29, 0.717) is 5.01 Å². The number of nitrogens with zero attached hydrogens (tertiary/aromatic N) is 1. The van der Waals surface area contributed by atoms with Gasteiger partial charge in [-0.25, -0.2) is 24.8 Å². The number of rotatable bonds is 6. The van der Waals surface area contributed by atoms with Gasteiger partial charge in [-0.15, -0.1) is 0 Å². The van der Waals surface area contributed by atoms with Crippen LogP contribution in [0.3, 0.4) is 0 Å². The molecule has 3 aromatic carbocycles. The van der Waals surface area contributed by atoms with Crippen LogP contribution in [0.15, 0.2) is 78.9 Å². The lowest BCUT2D eigenvalue weighted by Gasteiger charge is -2.26. The first-order valence-electron chi connectivity index (χ1n) is 10.8. The molecule has 174 valence electrons. The lowest BCUT2D eigenvalue weighted by Crippen LogP contribution is -2.54. The highest BCUT2D eigenvalue weighted by Crippen LogP contribution is 2.44. The third-order valence-electron chi connectivity index (χ3n) is 5.70. The van der Waals surface area contributed by atoms with Crippen LogP contribution >= 0.6 is 0 Å². The summed E-state index contributed by atoms with van der Waals surface area (Å²) in [5.41, 5.74) is 7.18. The van der Waals surface area contributed by atoms with Crippen molar-refractivity contribution in [1.29, 1.82) is 0 Å². The van der Waals surface area contributed by atoms with Crippen molar-refractivity contribution in [3.8, 4) is 11.1 Å². The van der Waals surface area contributed by atoms with Gasteiger partial charge in [0.2, 0.25) is 0 Å². The third-order valence-corrected chi connectivity index (χ3v) is 5.70. The number of hydrogen-bond acceptors (Lipinski definition) is 5. The van der Waals surface area contributed by atoms with Gasteiger partial charge >= 0.3 is 18.2 Å². The minimum Gasteiger partial charge on any atom is -0.480 e. The van der Waals surface area contributed by atoms with Gasteiger partial charge in [-0.05, 0) is 34.7 Å². The van der Waals surface area contributed by atoms with Gasteiger partial charge in [0.05, 0.1) is 0 Å². The molecule has 0 unspecified atom stereocenters. The smallest absolute Gasteiger partial charge is 0.429 e. The highest BCUT2D eigenvalue weighted by Gasteiger charge is 2.32. The van der Waals surface area contributed by atoms with E-state index in [1.807, 2.05) is 54.6 Å². The quantitative estimate of drug-likeness (QED) is 0.523. The first-order chi connectivity index (χ1) is 16.5. The van der Waals surface area contributed by atoms with E-state index in [-0.39, 0.29) is 19.1 Å². The van der Waals surface area contributed by atoms with Crippen molar-refractivity contribution in [1.82, 2.24) is 10.4 Å². The summed E-state index contributed by atoms with van der Waals surface area (Å²) in [6.07, 6.45) is -1.96. The Kier molecular flexibility index (Phi) is 6.77. The summed E-state index contributed by atoms with van der Waals surface area (Å²) in [4.78, 5) is 36.6. The van der Waals surface area contributed by atoms with E-state index in [2.05, 4.69) is 5.43 Å². The van der Waals surface area contributed by atoms with Crippen molar-refractivity contribution in [3.63, 3.8) is 0 Å². The molecule has 0 radical (unpaired) electrons. The van der Waals surface area contributed by atoms with Gasteiger partial charge in [-0.3, -0.25) is 0 Å². The van der Waals surface area contributed by atoms with Gasteiger partial charge < -0.3 is 14.6 Å². The molecule has 0 fully saturated rings. The normalized spacial score (nSPS) is 12.7. The highest BCUT2D eigenvalue weighted by molar-refractivity contribution is 5.82. The minimum atomic E-state index is -1.37. The van der Waals surface area contributed by atoms with Crippen LogP contribution < -0.4 is 5.43 Å². The van der Waals surface area contributed by atoms with Crippen molar-refractivity contribution in [2.24, 2.45) is 0 Å². The second kappa shape index (κ2) is 10.1. The van der Waals surface area contributed by atoms with E-state index in [9.17, 15) is 19.5 Å². The predicted molar refractivity (Wildman–Crippen MR) is 124 cm³/mol. The number of carbonyl (C=O) groups excluding carboxylic acids is 2. The maximum absolute atomic E-state index is 12.6. The second-order valence-corrected chi connectivity index (χ2v) is 7.86. The molecule has 8 heteroatoms. The van der Waals surface area contributed by atoms with Crippen LogP contribution in [0.1, 0.15) is 29.5 Å². The number of hydrazine groups is 1. The molecule has 4 rings (SSSR count). The summed E-state index contributed by atoms with van der Waals surface area (Å²) in [7, 11) is 0. The average molecular weight is 460 g/mol. The van der Waals surface area contributed by atoms with E-state index >= 15 is 0 Å². The molecule has 3 aromatic rings. The lowest BCUT2D eigenvalue weighted by atomic mass is 9.98. The molecule has 0 saturated heterocycles. The van der Waals surface area contributed by atoms with E-state index in [1.54, 1.807) is 24.3 Å². The molecule has 2 amide bonds. The fraction of sp³-hybridized carbons (Fsp3) is 0.192.